The molecule has 1 N–H and O–H groups in total. The van der Waals surface area contributed by atoms with Crippen molar-refractivity contribution >= 4 is 17.9 Å². The van der Waals surface area contributed by atoms with Crippen molar-refractivity contribution in [3.63, 3.8) is 0 Å². The summed E-state index contributed by atoms with van der Waals surface area (Å²) in [5.41, 5.74) is 0.817. The van der Waals surface area contributed by atoms with Gasteiger partial charge in [-0.05, 0) is 43.3 Å². The van der Waals surface area contributed by atoms with E-state index < -0.39 is 55.0 Å². The molecule has 1 aliphatic rings. The van der Waals surface area contributed by atoms with Crippen molar-refractivity contribution in [2.45, 2.75) is 37.4 Å². The lowest BCUT2D eigenvalue weighted by atomic mass is 9.94. The third kappa shape index (κ3) is 5.79. The Kier molecular flexibility index (Phi) is 8.10. The normalized spacial score (nSPS) is 23.3. The maximum absolute atomic E-state index is 13.0. The highest BCUT2D eigenvalue weighted by Crippen LogP contribution is 2.30. The van der Waals surface area contributed by atoms with Crippen LogP contribution in [-0.4, -0.2) is 60.1 Å². The van der Waals surface area contributed by atoms with Crippen LogP contribution < -0.4 is 0 Å². The Morgan fingerprint density at radius 1 is 0.639 bits per heavy atom. The van der Waals surface area contributed by atoms with Crippen molar-refractivity contribution in [1.82, 2.24) is 0 Å². The summed E-state index contributed by atoms with van der Waals surface area (Å²) in [4.78, 5) is 38.8. The molecule has 1 heterocycles. The molecule has 0 spiro atoms. The van der Waals surface area contributed by atoms with E-state index in [4.69, 9.17) is 18.9 Å². The minimum Gasteiger partial charge on any atom is -0.452 e. The van der Waals surface area contributed by atoms with E-state index in [0.717, 1.165) is 0 Å². The van der Waals surface area contributed by atoms with Crippen LogP contribution >= 0.6 is 0 Å². The summed E-state index contributed by atoms with van der Waals surface area (Å²) >= 11 is 0. The second-order valence-electron chi connectivity index (χ2n) is 8.27. The van der Waals surface area contributed by atoms with Gasteiger partial charge in [-0.25, -0.2) is 14.4 Å². The maximum atomic E-state index is 13.0. The Bertz CT molecular complexity index is 1170. The zero-order chi connectivity index (χ0) is 25.5. The summed E-state index contributed by atoms with van der Waals surface area (Å²) in [5, 5.41) is 10.0. The summed E-state index contributed by atoms with van der Waals surface area (Å²) in [5.74, 6) is -2.06. The highest BCUT2D eigenvalue weighted by molar-refractivity contribution is 5.91. The second-order valence-corrected chi connectivity index (χ2v) is 8.27. The topological polar surface area (TPSA) is 108 Å². The summed E-state index contributed by atoms with van der Waals surface area (Å²) in [7, 11) is 0. The van der Waals surface area contributed by atoms with Crippen LogP contribution in [-0.2, 0) is 18.9 Å². The van der Waals surface area contributed by atoms with Crippen LogP contribution in [0.5, 0.6) is 0 Å². The van der Waals surface area contributed by atoms with Crippen molar-refractivity contribution in [3.05, 3.63) is 108 Å². The largest absolute Gasteiger partial charge is 0.452 e. The molecule has 186 valence electrons. The fraction of sp³-hybridized carbons (Fsp3) is 0.250. The number of hydrogen-bond donors (Lipinski definition) is 1. The molecular weight excluding hydrogens is 464 g/mol. The first kappa shape index (κ1) is 25.1. The van der Waals surface area contributed by atoms with E-state index in [0.29, 0.717) is 5.56 Å². The Morgan fingerprint density at radius 2 is 1.00 bits per heavy atom. The predicted octanol–water partition coefficient (Wildman–Crippen LogP) is 3.44. The molecule has 8 nitrogen and oxygen atoms in total. The molecule has 0 aromatic heterocycles. The number of carbonyl (C=O) groups excluding carboxylic acids is 3. The van der Waals surface area contributed by atoms with Gasteiger partial charge in [0.05, 0.1) is 29.4 Å². The number of ether oxygens (including phenoxy) is 4. The maximum Gasteiger partial charge on any atom is 0.338 e. The zero-order valence-corrected chi connectivity index (χ0v) is 19.6. The van der Waals surface area contributed by atoms with Gasteiger partial charge in [0.15, 0.2) is 18.3 Å². The number of aliphatic hydroxyl groups excluding tert-OH is 1. The fourth-order valence-electron chi connectivity index (χ4n) is 3.98. The van der Waals surface area contributed by atoms with Gasteiger partial charge in [0.2, 0.25) is 0 Å². The molecular formula is C28H26O8. The lowest BCUT2D eigenvalue weighted by Gasteiger charge is -2.43. The van der Waals surface area contributed by atoms with Crippen molar-refractivity contribution in [2.75, 3.05) is 6.61 Å². The molecule has 0 bridgehead atoms. The summed E-state index contributed by atoms with van der Waals surface area (Å²) in [6.07, 6.45) is -5.43. The molecule has 5 atom stereocenters. The number of benzene rings is 3. The second kappa shape index (κ2) is 11.6. The standard InChI is InChI=1S/C28H26O8/c1-18-23(34-26(30)19-11-5-2-6-12-19)25(36-28(32)21-15-9-4-10-16-21)24(22(17-29)33-18)35-27(31)20-13-7-3-8-14-20/h2-16,18,22-25,29H,17H2,1H3/t18-,22?,23?,24-,25+/m0/s1. The van der Waals surface area contributed by atoms with E-state index in [1.165, 1.54) is 0 Å². The summed E-state index contributed by atoms with van der Waals surface area (Å²) < 4.78 is 23.1. The van der Waals surface area contributed by atoms with Gasteiger partial charge in [-0.15, -0.1) is 0 Å². The van der Waals surface area contributed by atoms with Crippen molar-refractivity contribution in [3.8, 4) is 0 Å². The van der Waals surface area contributed by atoms with Crippen molar-refractivity contribution < 1.29 is 38.4 Å². The SMILES string of the molecule is C[C@@H]1OC(CO)[C@H](OC(=O)c2ccccc2)[C@H](OC(=O)c2ccccc2)C1OC(=O)c1ccccc1. The minimum atomic E-state index is -1.25. The van der Waals surface area contributed by atoms with E-state index in [1.54, 1.807) is 97.9 Å². The number of esters is 3. The summed E-state index contributed by atoms with van der Waals surface area (Å²) in [6.45, 7) is 1.11. The smallest absolute Gasteiger partial charge is 0.338 e. The van der Waals surface area contributed by atoms with Gasteiger partial charge in [0.1, 0.15) is 6.10 Å². The van der Waals surface area contributed by atoms with Crippen LogP contribution in [0.4, 0.5) is 0 Å². The van der Waals surface area contributed by atoms with E-state index in [2.05, 4.69) is 0 Å². The van der Waals surface area contributed by atoms with Crippen LogP contribution in [0.25, 0.3) is 0 Å². The molecule has 8 heteroatoms. The number of carbonyl (C=O) groups is 3. The van der Waals surface area contributed by atoms with Crippen molar-refractivity contribution in [2.24, 2.45) is 0 Å². The van der Waals surface area contributed by atoms with Crippen molar-refractivity contribution in [1.29, 1.82) is 0 Å². The lowest BCUT2D eigenvalue weighted by Crippen LogP contribution is -2.61. The molecule has 2 unspecified atom stereocenters. The molecule has 0 radical (unpaired) electrons. The number of aliphatic hydroxyl groups is 1. The van der Waals surface area contributed by atoms with Crippen LogP contribution in [0.1, 0.15) is 38.0 Å². The minimum absolute atomic E-state index is 0.262. The quantitative estimate of drug-likeness (QED) is 0.396. The van der Waals surface area contributed by atoms with Gasteiger partial charge in [-0.1, -0.05) is 54.6 Å². The Balaban J connectivity index is 1.66. The van der Waals surface area contributed by atoms with Gasteiger partial charge in [-0.3, -0.25) is 0 Å². The van der Waals surface area contributed by atoms with Crippen LogP contribution in [0.2, 0.25) is 0 Å². The van der Waals surface area contributed by atoms with Crippen LogP contribution in [0, 0.1) is 0 Å². The van der Waals surface area contributed by atoms with E-state index >= 15 is 0 Å². The lowest BCUT2D eigenvalue weighted by molar-refractivity contribution is -0.224. The predicted molar refractivity (Wildman–Crippen MR) is 128 cm³/mol. The van der Waals surface area contributed by atoms with Gasteiger partial charge in [-0.2, -0.15) is 0 Å². The third-order valence-corrected chi connectivity index (χ3v) is 5.80. The van der Waals surface area contributed by atoms with Crippen LogP contribution in [0.15, 0.2) is 91.0 Å². The van der Waals surface area contributed by atoms with Gasteiger partial charge >= 0.3 is 17.9 Å². The molecule has 1 aliphatic heterocycles. The molecule has 3 aromatic carbocycles. The van der Waals surface area contributed by atoms with Crippen LogP contribution in [0.3, 0.4) is 0 Å². The average Bonchev–Trinajstić information content (AvgIpc) is 2.93. The first-order chi connectivity index (χ1) is 17.5. The molecule has 36 heavy (non-hydrogen) atoms. The van der Waals surface area contributed by atoms with E-state index in [9.17, 15) is 19.5 Å². The Hall–Kier alpha value is -4.01. The number of hydrogen-bond acceptors (Lipinski definition) is 8. The third-order valence-electron chi connectivity index (χ3n) is 5.80. The first-order valence-corrected chi connectivity index (χ1v) is 11.5. The molecule has 0 saturated carbocycles. The Morgan fingerprint density at radius 3 is 1.39 bits per heavy atom. The molecule has 3 aromatic rings. The molecule has 1 fully saturated rings. The monoisotopic (exact) mass is 490 g/mol. The highest BCUT2D eigenvalue weighted by atomic mass is 16.6. The van der Waals surface area contributed by atoms with Gasteiger partial charge in [0.25, 0.3) is 0 Å². The summed E-state index contributed by atoms with van der Waals surface area (Å²) in [6, 6.07) is 24.8. The number of rotatable bonds is 7. The van der Waals surface area contributed by atoms with Gasteiger partial charge < -0.3 is 24.1 Å². The first-order valence-electron chi connectivity index (χ1n) is 11.5. The Labute approximate surface area is 208 Å². The highest BCUT2D eigenvalue weighted by Gasteiger charge is 2.51. The average molecular weight is 491 g/mol. The van der Waals surface area contributed by atoms with Gasteiger partial charge in [0, 0.05) is 0 Å². The molecule has 1 saturated heterocycles. The fourth-order valence-corrected chi connectivity index (χ4v) is 3.98. The zero-order valence-electron chi connectivity index (χ0n) is 19.6. The molecule has 0 aliphatic carbocycles. The molecule has 4 rings (SSSR count). The van der Waals surface area contributed by atoms with E-state index in [1.807, 2.05) is 0 Å². The van der Waals surface area contributed by atoms with E-state index in [-0.39, 0.29) is 11.1 Å². The molecule has 0 amide bonds.